The Hall–Kier alpha value is -2.93. The lowest BCUT2D eigenvalue weighted by atomic mass is 10.1. The van der Waals surface area contributed by atoms with E-state index in [0.29, 0.717) is 26.2 Å². The third-order valence-electron chi connectivity index (χ3n) is 4.60. The van der Waals surface area contributed by atoms with Crippen LogP contribution in [0.3, 0.4) is 0 Å². The van der Waals surface area contributed by atoms with E-state index >= 15 is 0 Å². The van der Waals surface area contributed by atoms with Gasteiger partial charge in [-0.3, -0.25) is 4.90 Å². The molecule has 1 aliphatic heterocycles. The molecular formula is C20H22FN3O3. The minimum Gasteiger partial charge on any atom is -0.478 e. The van der Waals surface area contributed by atoms with Gasteiger partial charge in [-0.15, -0.1) is 0 Å². The maximum absolute atomic E-state index is 13.3. The first-order chi connectivity index (χ1) is 13.0. The average molecular weight is 371 g/mol. The molecule has 2 aromatic carbocycles. The van der Waals surface area contributed by atoms with Crippen LogP contribution in [0.4, 0.5) is 9.18 Å². The van der Waals surface area contributed by atoms with Gasteiger partial charge in [0.2, 0.25) is 0 Å². The molecular weight excluding hydrogens is 349 g/mol. The molecule has 0 bridgehead atoms. The van der Waals surface area contributed by atoms with Crippen molar-refractivity contribution in [2.24, 2.45) is 0 Å². The summed E-state index contributed by atoms with van der Waals surface area (Å²) in [4.78, 5) is 27.1. The van der Waals surface area contributed by atoms with E-state index in [0.717, 1.165) is 24.2 Å². The van der Waals surface area contributed by atoms with Crippen LogP contribution in [0.15, 0.2) is 48.5 Å². The SMILES string of the molecule is O=C(O)c1ccc(CNC(=O)N2CCN(Cc3cccc(F)c3)CC2)cc1. The van der Waals surface area contributed by atoms with Gasteiger partial charge in [-0.05, 0) is 35.4 Å². The fourth-order valence-electron chi connectivity index (χ4n) is 3.06. The number of halogens is 1. The maximum atomic E-state index is 13.3. The Kier molecular flexibility index (Phi) is 6.03. The highest BCUT2D eigenvalue weighted by molar-refractivity contribution is 5.87. The van der Waals surface area contributed by atoms with Crippen LogP contribution in [0.5, 0.6) is 0 Å². The Labute approximate surface area is 157 Å². The lowest BCUT2D eigenvalue weighted by Gasteiger charge is -2.34. The van der Waals surface area contributed by atoms with E-state index in [-0.39, 0.29) is 17.4 Å². The molecule has 142 valence electrons. The number of carbonyl (C=O) groups is 2. The van der Waals surface area contributed by atoms with Crippen molar-refractivity contribution >= 4 is 12.0 Å². The molecule has 1 fully saturated rings. The van der Waals surface area contributed by atoms with Crippen LogP contribution >= 0.6 is 0 Å². The highest BCUT2D eigenvalue weighted by Gasteiger charge is 2.21. The molecule has 1 saturated heterocycles. The Bertz CT molecular complexity index is 802. The predicted molar refractivity (Wildman–Crippen MR) is 98.9 cm³/mol. The van der Waals surface area contributed by atoms with E-state index in [1.54, 1.807) is 23.1 Å². The van der Waals surface area contributed by atoms with Crippen molar-refractivity contribution < 1.29 is 19.1 Å². The number of amides is 2. The summed E-state index contributed by atoms with van der Waals surface area (Å²) in [5.41, 5.74) is 2.00. The Morgan fingerprint density at radius 1 is 1.00 bits per heavy atom. The lowest BCUT2D eigenvalue weighted by molar-refractivity contribution is 0.0696. The number of carboxylic acid groups (broad SMARTS) is 1. The third kappa shape index (κ3) is 5.27. The van der Waals surface area contributed by atoms with E-state index in [2.05, 4.69) is 10.2 Å². The maximum Gasteiger partial charge on any atom is 0.335 e. The summed E-state index contributed by atoms with van der Waals surface area (Å²) in [6.45, 7) is 3.71. The second kappa shape index (κ2) is 8.64. The molecule has 0 aliphatic carbocycles. The van der Waals surface area contributed by atoms with Gasteiger partial charge in [-0.25, -0.2) is 14.0 Å². The van der Waals surface area contributed by atoms with Gasteiger partial charge in [0.25, 0.3) is 0 Å². The highest BCUT2D eigenvalue weighted by atomic mass is 19.1. The molecule has 1 heterocycles. The van der Waals surface area contributed by atoms with Gasteiger partial charge in [0.05, 0.1) is 5.56 Å². The first kappa shape index (κ1) is 18.8. The first-order valence-electron chi connectivity index (χ1n) is 8.83. The number of nitrogens with zero attached hydrogens (tertiary/aromatic N) is 2. The fourth-order valence-corrected chi connectivity index (χ4v) is 3.06. The zero-order valence-corrected chi connectivity index (χ0v) is 14.9. The van der Waals surface area contributed by atoms with Crippen LogP contribution in [0.2, 0.25) is 0 Å². The summed E-state index contributed by atoms with van der Waals surface area (Å²) < 4.78 is 13.3. The van der Waals surface area contributed by atoms with Crippen molar-refractivity contribution in [1.29, 1.82) is 0 Å². The average Bonchev–Trinajstić information content (AvgIpc) is 2.67. The molecule has 0 saturated carbocycles. The molecule has 0 atom stereocenters. The number of piperazine rings is 1. The summed E-state index contributed by atoms with van der Waals surface area (Å²) >= 11 is 0. The fraction of sp³-hybridized carbons (Fsp3) is 0.300. The van der Waals surface area contributed by atoms with Gasteiger partial charge < -0.3 is 15.3 Å². The van der Waals surface area contributed by atoms with Gasteiger partial charge >= 0.3 is 12.0 Å². The van der Waals surface area contributed by atoms with E-state index < -0.39 is 5.97 Å². The summed E-state index contributed by atoms with van der Waals surface area (Å²) in [5, 5.41) is 11.8. The number of aromatic carboxylic acids is 1. The topological polar surface area (TPSA) is 72.9 Å². The van der Waals surface area contributed by atoms with E-state index in [4.69, 9.17) is 5.11 Å². The quantitative estimate of drug-likeness (QED) is 0.847. The van der Waals surface area contributed by atoms with Crippen molar-refractivity contribution in [3.8, 4) is 0 Å². The second-order valence-electron chi connectivity index (χ2n) is 6.55. The monoisotopic (exact) mass is 371 g/mol. The van der Waals surface area contributed by atoms with Crippen molar-refractivity contribution in [3.05, 3.63) is 71.0 Å². The van der Waals surface area contributed by atoms with E-state index in [9.17, 15) is 14.0 Å². The number of urea groups is 1. The smallest absolute Gasteiger partial charge is 0.335 e. The second-order valence-corrected chi connectivity index (χ2v) is 6.55. The summed E-state index contributed by atoms with van der Waals surface area (Å²) in [6, 6.07) is 12.9. The van der Waals surface area contributed by atoms with Crippen LogP contribution < -0.4 is 5.32 Å². The van der Waals surface area contributed by atoms with Crippen LogP contribution in [0.1, 0.15) is 21.5 Å². The molecule has 0 aromatic heterocycles. The molecule has 0 unspecified atom stereocenters. The van der Waals surface area contributed by atoms with Gasteiger partial charge in [0.1, 0.15) is 5.82 Å². The van der Waals surface area contributed by atoms with Crippen molar-refractivity contribution in [1.82, 2.24) is 15.1 Å². The number of hydrogen-bond acceptors (Lipinski definition) is 3. The van der Waals surface area contributed by atoms with Crippen molar-refractivity contribution in [3.63, 3.8) is 0 Å². The largest absolute Gasteiger partial charge is 0.478 e. The third-order valence-corrected chi connectivity index (χ3v) is 4.60. The number of carbonyl (C=O) groups excluding carboxylic acids is 1. The molecule has 2 aromatic rings. The van der Waals surface area contributed by atoms with Crippen molar-refractivity contribution in [2.75, 3.05) is 26.2 Å². The van der Waals surface area contributed by atoms with Crippen LogP contribution in [0.25, 0.3) is 0 Å². The van der Waals surface area contributed by atoms with E-state index in [1.165, 1.54) is 24.3 Å². The summed E-state index contributed by atoms with van der Waals surface area (Å²) in [5.74, 6) is -1.21. The lowest BCUT2D eigenvalue weighted by Crippen LogP contribution is -2.51. The number of rotatable bonds is 5. The van der Waals surface area contributed by atoms with Crippen molar-refractivity contribution in [2.45, 2.75) is 13.1 Å². The molecule has 3 rings (SSSR count). The zero-order chi connectivity index (χ0) is 19.2. The molecule has 27 heavy (non-hydrogen) atoms. The van der Waals surface area contributed by atoms with E-state index in [1.807, 2.05) is 6.07 Å². The number of carboxylic acids is 1. The Balaban J connectivity index is 1.43. The summed E-state index contributed by atoms with van der Waals surface area (Å²) in [6.07, 6.45) is 0. The molecule has 2 N–H and O–H groups in total. The molecule has 0 spiro atoms. The van der Waals surface area contributed by atoms with Gasteiger partial charge in [-0.2, -0.15) is 0 Å². The molecule has 1 aliphatic rings. The first-order valence-corrected chi connectivity index (χ1v) is 8.83. The number of nitrogens with one attached hydrogen (secondary N) is 1. The van der Waals surface area contributed by atoms with Crippen LogP contribution in [-0.4, -0.2) is 53.1 Å². The molecule has 7 heteroatoms. The molecule has 6 nitrogen and oxygen atoms in total. The summed E-state index contributed by atoms with van der Waals surface area (Å²) in [7, 11) is 0. The van der Waals surface area contributed by atoms with Gasteiger partial charge in [0, 0.05) is 39.3 Å². The van der Waals surface area contributed by atoms with Crippen LogP contribution in [-0.2, 0) is 13.1 Å². The standard InChI is InChI=1S/C20H22FN3O3/c21-18-3-1-2-16(12-18)14-23-8-10-24(11-9-23)20(27)22-13-15-4-6-17(7-5-15)19(25)26/h1-7,12H,8-11,13-14H2,(H,22,27)(H,25,26). The van der Waals surface area contributed by atoms with Crippen LogP contribution in [0, 0.1) is 5.82 Å². The molecule has 0 radical (unpaired) electrons. The normalized spacial score (nSPS) is 14.8. The number of hydrogen-bond donors (Lipinski definition) is 2. The van der Waals surface area contributed by atoms with Gasteiger partial charge in [-0.1, -0.05) is 24.3 Å². The Morgan fingerprint density at radius 3 is 2.33 bits per heavy atom. The predicted octanol–water partition coefficient (Wildman–Crippen LogP) is 2.55. The minimum atomic E-state index is -0.971. The Morgan fingerprint density at radius 2 is 1.70 bits per heavy atom. The highest BCUT2D eigenvalue weighted by Crippen LogP contribution is 2.10. The number of benzene rings is 2. The minimum absolute atomic E-state index is 0.136. The zero-order valence-electron chi connectivity index (χ0n) is 14.9. The molecule has 2 amide bonds. The van der Waals surface area contributed by atoms with Gasteiger partial charge in [0.15, 0.2) is 0 Å².